The van der Waals surface area contributed by atoms with Gasteiger partial charge in [0.15, 0.2) is 11.6 Å². The first-order valence-electron chi connectivity index (χ1n) is 15.1. The summed E-state index contributed by atoms with van der Waals surface area (Å²) < 4.78 is 61.9. The molecule has 1 N–H and O–H groups in total. The highest BCUT2D eigenvalue weighted by molar-refractivity contribution is 7.22. The first kappa shape index (κ1) is 32.0. The summed E-state index contributed by atoms with van der Waals surface area (Å²) in [7, 11) is 0. The average molecular weight is 657 g/mol. The molecule has 3 aromatic heterocycles. The van der Waals surface area contributed by atoms with Crippen molar-refractivity contribution in [2.24, 2.45) is 5.92 Å². The van der Waals surface area contributed by atoms with Crippen LogP contribution >= 0.6 is 11.3 Å². The van der Waals surface area contributed by atoms with Gasteiger partial charge in [-0.1, -0.05) is 12.1 Å². The number of ether oxygens (including phenoxy) is 1. The molecule has 1 aromatic carbocycles. The van der Waals surface area contributed by atoms with Gasteiger partial charge >= 0.3 is 12.1 Å². The lowest BCUT2D eigenvalue weighted by molar-refractivity contribution is -0.194. The molecular formula is C33H32F4N4O4S. The Morgan fingerprint density at radius 3 is 2.41 bits per heavy atom. The van der Waals surface area contributed by atoms with Crippen molar-refractivity contribution in [2.75, 3.05) is 26.2 Å². The highest BCUT2D eigenvalue weighted by atomic mass is 32.1. The van der Waals surface area contributed by atoms with Crippen LogP contribution in [0.2, 0.25) is 0 Å². The van der Waals surface area contributed by atoms with Crippen LogP contribution in [-0.2, 0) is 22.6 Å². The van der Waals surface area contributed by atoms with Gasteiger partial charge in [0.1, 0.15) is 17.6 Å². The standard InChI is InChI=1S/C33H32F4N4O4S/c34-24-15-21(14-23(42)13-20-1-2-20)4-6-27(24)45-28-7-8-38-26-16-29(46-32(26)28)25-5-3-22(18-39-25)19-40-9-11-41(12-10-40)30(17-31(43)44)33(35,36)37/h3-8,15-16,18,20,30H,1-2,9-14,17,19H2,(H,43,44). The summed E-state index contributed by atoms with van der Waals surface area (Å²) in [6.07, 6.45) is 0.694. The third-order valence-corrected chi connectivity index (χ3v) is 9.44. The van der Waals surface area contributed by atoms with E-state index in [1.807, 2.05) is 23.1 Å². The Morgan fingerprint density at radius 1 is 1.00 bits per heavy atom. The molecule has 2 fully saturated rings. The number of carboxylic acid groups (broad SMARTS) is 1. The van der Waals surface area contributed by atoms with Crippen LogP contribution in [0.5, 0.6) is 11.5 Å². The first-order chi connectivity index (χ1) is 22.0. The highest BCUT2D eigenvalue weighted by Gasteiger charge is 2.45. The number of carbonyl (C=O) groups excluding carboxylic acids is 1. The van der Waals surface area contributed by atoms with Crippen LogP contribution in [0.1, 0.15) is 36.8 Å². The van der Waals surface area contributed by atoms with Gasteiger partial charge in [0.2, 0.25) is 0 Å². The molecular weight excluding hydrogens is 624 g/mol. The Balaban J connectivity index is 1.08. The fourth-order valence-corrected chi connectivity index (χ4v) is 6.74. The monoisotopic (exact) mass is 656 g/mol. The van der Waals surface area contributed by atoms with Gasteiger partial charge in [-0.3, -0.25) is 29.4 Å². The van der Waals surface area contributed by atoms with Crippen molar-refractivity contribution in [2.45, 2.75) is 50.9 Å². The fourth-order valence-electron chi connectivity index (χ4n) is 5.69. The van der Waals surface area contributed by atoms with Gasteiger partial charge in [0.05, 0.1) is 27.2 Å². The van der Waals surface area contributed by atoms with E-state index in [1.165, 1.54) is 22.3 Å². The van der Waals surface area contributed by atoms with Gasteiger partial charge in [-0.15, -0.1) is 11.3 Å². The molecule has 4 heterocycles. The van der Waals surface area contributed by atoms with Gasteiger partial charge in [-0.05, 0) is 54.2 Å². The molecule has 1 atom stereocenters. The van der Waals surface area contributed by atoms with Crippen LogP contribution in [0, 0.1) is 11.7 Å². The minimum Gasteiger partial charge on any atom is -0.481 e. The number of alkyl halides is 3. The topological polar surface area (TPSA) is 95.9 Å². The number of rotatable bonds is 12. The summed E-state index contributed by atoms with van der Waals surface area (Å²) in [6.45, 7) is 1.50. The molecule has 0 amide bonds. The summed E-state index contributed by atoms with van der Waals surface area (Å²) in [5, 5.41) is 8.93. The second kappa shape index (κ2) is 13.4. The van der Waals surface area contributed by atoms with E-state index in [2.05, 4.69) is 9.97 Å². The number of hydrogen-bond acceptors (Lipinski definition) is 8. The van der Waals surface area contributed by atoms with Crippen molar-refractivity contribution < 1.29 is 37.0 Å². The lowest BCUT2D eigenvalue weighted by Gasteiger charge is -2.39. The van der Waals surface area contributed by atoms with E-state index in [0.29, 0.717) is 54.5 Å². The molecule has 2 aliphatic rings. The quantitative estimate of drug-likeness (QED) is 0.168. The molecule has 0 spiro atoms. The lowest BCUT2D eigenvalue weighted by Crippen LogP contribution is -2.55. The summed E-state index contributed by atoms with van der Waals surface area (Å²) in [6, 6.07) is 9.95. The number of Topliss-reactive ketones (excluding diaryl/α,β-unsaturated/α-hetero) is 1. The van der Waals surface area contributed by atoms with Gasteiger partial charge in [0.25, 0.3) is 0 Å². The molecule has 0 bridgehead atoms. The number of fused-ring (bicyclic) bond motifs is 1. The number of pyridine rings is 2. The van der Waals surface area contributed by atoms with Crippen molar-refractivity contribution in [3.63, 3.8) is 0 Å². The van der Waals surface area contributed by atoms with E-state index >= 15 is 0 Å². The van der Waals surface area contributed by atoms with Gasteiger partial charge < -0.3 is 9.84 Å². The number of piperazine rings is 1. The maximum absolute atomic E-state index is 15.0. The molecule has 46 heavy (non-hydrogen) atoms. The van der Waals surface area contributed by atoms with Crippen LogP contribution in [0.25, 0.3) is 20.8 Å². The maximum atomic E-state index is 15.0. The third kappa shape index (κ3) is 7.88. The molecule has 6 rings (SSSR count). The number of thiophene rings is 1. The number of hydrogen-bond donors (Lipinski definition) is 1. The number of ketones is 1. The minimum absolute atomic E-state index is 0.0555. The molecule has 4 aromatic rings. The zero-order valence-electron chi connectivity index (χ0n) is 24.8. The van der Waals surface area contributed by atoms with Gasteiger partial charge in [-0.2, -0.15) is 13.2 Å². The predicted molar refractivity (Wildman–Crippen MR) is 164 cm³/mol. The summed E-state index contributed by atoms with van der Waals surface area (Å²) >= 11 is 1.41. The van der Waals surface area contributed by atoms with Crippen molar-refractivity contribution >= 4 is 33.3 Å². The summed E-state index contributed by atoms with van der Waals surface area (Å²) in [5.41, 5.74) is 2.89. The molecule has 8 nitrogen and oxygen atoms in total. The molecule has 1 saturated carbocycles. The SMILES string of the molecule is O=C(O)CC(N1CCN(Cc2ccc(-c3cc4nccc(Oc5ccc(CC(=O)CC6CC6)cc5F)c4s3)nc2)CC1)C(F)(F)F. The molecule has 1 saturated heterocycles. The number of aromatic nitrogens is 2. The van der Waals surface area contributed by atoms with Crippen molar-refractivity contribution in [1.82, 2.24) is 19.8 Å². The van der Waals surface area contributed by atoms with E-state index in [4.69, 9.17) is 9.84 Å². The molecule has 1 aliphatic heterocycles. The number of nitrogens with zero attached hydrogens (tertiary/aromatic N) is 4. The minimum atomic E-state index is -4.60. The first-order valence-corrected chi connectivity index (χ1v) is 15.9. The second-order valence-corrected chi connectivity index (χ2v) is 12.9. The van der Waals surface area contributed by atoms with Crippen LogP contribution in [0.3, 0.4) is 0 Å². The smallest absolute Gasteiger partial charge is 0.404 e. The average Bonchev–Trinajstić information content (AvgIpc) is 3.71. The van der Waals surface area contributed by atoms with Gasteiger partial charge in [0, 0.05) is 64.0 Å². The van der Waals surface area contributed by atoms with E-state index in [9.17, 15) is 27.2 Å². The van der Waals surface area contributed by atoms with Crippen molar-refractivity contribution in [3.8, 4) is 22.1 Å². The number of carbonyl (C=O) groups is 2. The van der Waals surface area contributed by atoms with Gasteiger partial charge in [-0.25, -0.2) is 4.39 Å². The van der Waals surface area contributed by atoms with E-state index in [1.54, 1.807) is 30.6 Å². The number of benzene rings is 1. The van der Waals surface area contributed by atoms with Crippen LogP contribution in [-0.4, -0.2) is 75.0 Å². The Hall–Kier alpha value is -3.94. The Kier molecular flexibility index (Phi) is 9.34. The van der Waals surface area contributed by atoms with Crippen LogP contribution in [0.15, 0.2) is 54.9 Å². The number of aliphatic carboxylic acids is 1. The normalized spacial score (nSPS) is 16.9. The molecule has 0 radical (unpaired) electrons. The number of halogens is 4. The Labute approximate surface area is 266 Å². The summed E-state index contributed by atoms with van der Waals surface area (Å²) in [4.78, 5) is 36.3. The van der Waals surface area contributed by atoms with E-state index in [-0.39, 0.29) is 31.0 Å². The third-order valence-electron chi connectivity index (χ3n) is 8.28. The Bertz CT molecular complexity index is 1720. The zero-order valence-corrected chi connectivity index (χ0v) is 25.6. The highest BCUT2D eigenvalue weighted by Crippen LogP contribution is 2.39. The van der Waals surface area contributed by atoms with Crippen molar-refractivity contribution in [1.29, 1.82) is 0 Å². The van der Waals surface area contributed by atoms with Crippen LogP contribution < -0.4 is 4.74 Å². The zero-order chi connectivity index (χ0) is 32.4. The van der Waals surface area contributed by atoms with Crippen LogP contribution in [0.4, 0.5) is 17.6 Å². The van der Waals surface area contributed by atoms with E-state index < -0.39 is 30.4 Å². The predicted octanol–water partition coefficient (Wildman–Crippen LogP) is 6.72. The molecule has 13 heteroatoms. The largest absolute Gasteiger partial charge is 0.481 e. The molecule has 1 aliphatic carbocycles. The van der Waals surface area contributed by atoms with Crippen molar-refractivity contribution in [3.05, 3.63) is 71.8 Å². The molecule has 1 unspecified atom stereocenters. The molecule has 242 valence electrons. The Morgan fingerprint density at radius 2 is 1.76 bits per heavy atom. The maximum Gasteiger partial charge on any atom is 0.404 e. The second-order valence-electron chi connectivity index (χ2n) is 11.9. The summed E-state index contributed by atoms with van der Waals surface area (Å²) in [5.74, 6) is -0.900. The number of carboxylic acids is 1. The van der Waals surface area contributed by atoms with E-state index in [0.717, 1.165) is 28.0 Å². The lowest BCUT2D eigenvalue weighted by atomic mass is 10.0. The fraction of sp³-hybridized carbons (Fsp3) is 0.394.